The number of halogens is 1. The second-order valence-corrected chi connectivity index (χ2v) is 10.1. The summed E-state index contributed by atoms with van der Waals surface area (Å²) in [5.41, 5.74) is 0.0925. The molecule has 0 spiro atoms. The Morgan fingerprint density at radius 3 is 2.73 bits per heavy atom. The van der Waals surface area contributed by atoms with Gasteiger partial charge < -0.3 is 20.1 Å². The van der Waals surface area contributed by atoms with Gasteiger partial charge in [-0.15, -0.1) is 0 Å². The minimum absolute atomic E-state index is 0.0182. The van der Waals surface area contributed by atoms with Crippen LogP contribution in [0.1, 0.15) is 24.8 Å². The second kappa shape index (κ2) is 11.0. The number of hydrogen-bond donors (Lipinski definition) is 2. The largest absolute Gasteiger partial charge is 0.493 e. The molecule has 0 saturated carbocycles. The summed E-state index contributed by atoms with van der Waals surface area (Å²) in [5, 5.41) is 14.5. The van der Waals surface area contributed by atoms with Crippen molar-refractivity contribution in [1.29, 1.82) is 0 Å². The van der Waals surface area contributed by atoms with E-state index in [-0.39, 0.29) is 24.8 Å². The number of nitrogens with one attached hydrogen (secondary N) is 1. The summed E-state index contributed by atoms with van der Waals surface area (Å²) < 4.78 is 5.88. The molecule has 37 heavy (non-hydrogen) atoms. The molecule has 1 saturated heterocycles. The number of aliphatic hydroxyl groups is 1. The van der Waals surface area contributed by atoms with Crippen molar-refractivity contribution < 1.29 is 19.4 Å². The maximum atomic E-state index is 14.2. The molecule has 0 unspecified atom stereocenters. The van der Waals surface area contributed by atoms with Gasteiger partial charge in [-0.2, -0.15) is 0 Å². The summed E-state index contributed by atoms with van der Waals surface area (Å²) in [6.07, 6.45) is 4.49. The van der Waals surface area contributed by atoms with Crippen LogP contribution in [0.4, 0.5) is 5.69 Å². The number of rotatable bonds is 7. The number of benzene rings is 2. The fourth-order valence-electron chi connectivity index (χ4n) is 5.31. The molecule has 1 aromatic heterocycles. The second-order valence-electron chi connectivity index (χ2n) is 9.66. The average molecular weight is 523 g/mol. The number of piperazine rings is 1. The van der Waals surface area contributed by atoms with Crippen LogP contribution in [0.3, 0.4) is 0 Å². The Kier molecular flexibility index (Phi) is 7.60. The SMILES string of the molecule is O=C(C[C@@]1(C(=O)Nc2cncc3ccccc23)CCOc2ccc(Cl)cc21)N1CCN(CCCO)CC1. The third-order valence-corrected chi connectivity index (χ3v) is 7.64. The van der Waals surface area contributed by atoms with Crippen molar-refractivity contribution >= 4 is 39.9 Å². The summed E-state index contributed by atoms with van der Waals surface area (Å²) in [7, 11) is 0. The lowest BCUT2D eigenvalue weighted by Gasteiger charge is -2.40. The molecule has 2 aliphatic rings. The number of nitrogens with zero attached hydrogens (tertiary/aromatic N) is 3. The Hall–Kier alpha value is -3.20. The van der Waals surface area contributed by atoms with E-state index in [1.807, 2.05) is 29.2 Å². The minimum Gasteiger partial charge on any atom is -0.493 e. The first kappa shape index (κ1) is 25.4. The molecule has 0 aliphatic carbocycles. The predicted octanol–water partition coefficient (Wildman–Crippen LogP) is 3.46. The predicted molar refractivity (Wildman–Crippen MR) is 143 cm³/mol. The highest BCUT2D eigenvalue weighted by Gasteiger charge is 2.47. The summed E-state index contributed by atoms with van der Waals surface area (Å²) in [4.78, 5) is 36.2. The van der Waals surface area contributed by atoms with Crippen molar-refractivity contribution in [2.24, 2.45) is 0 Å². The first-order chi connectivity index (χ1) is 18.0. The Morgan fingerprint density at radius 1 is 1.11 bits per heavy atom. The number of pyridine rings is 1. The van der Waals surface area contributed by atoms with Gasteiger partial charge in [0.15, 0.2) is 0 Å². The Balaban J connectivity index is 1.44. The quantitative estimate of drug-likeness (QED) is 0.493. The third-order valence-electron chi connectivity index (χ3n) is 7.41. The van der Waals surface area contributed by atoms with Gasteiger partial charge in [-0.05, 0) is 24.6 Å². The number of amides is 2. The monoisotopic (exact) mass is 522 g/mol. The van der Waals surface area contributed by atoms with Crippen LogP contribution in [0.2, 0.25) is 5.02 Å². The van der Waals surface area contributed by atoms with E-state index in [9.17, 15) is 9.59 Å². The lowest BCUT2D eigenvalue weighted by Crippen LogP contribution is -2.52. The Labute approximate surface area is 221 Å². The van der Waals surface area contributed by atoms with Gasteiger partial charge in [-0.1, -0.05) is 35.9 Å². The molecule has 9 heteroatoms. The number of fused-ring (bicyclic) bond motifs is 2. The molecule has 2 aliphatic heterocycles. The number of aromatic nitrogens is 1. The molecule has 2 N–H and O–H groups in total. The Bertz CT molecular complexity index is 1290. The first-order valence-corrected chi connectivity index (χ1v) is 13.1. The van der Waals surface area contributed by atoms with Gasteiger partial charge >= 0.3 is 0 Å². The fraction of sp³-hybridized carbons (Fsp3) is 0.393. The van der Waals surface area contributed by atoms with Crippen LogP contribution < -0.4 is 10.1 Å². The lowest BCUT2D eigenvalue weighted by atomic mass is 9.72. The van der Waals surface area contributed by atoms with Gasteiger partial charge in [0, 0.05) is 79.7 Å². The van der Waals surface area contributed by atoms with Crippen LogP contribution in [0, 0.1) is 0 Å². The van der Waals surface area contributed by atoms with E-state index in [1.54, 1.807) is 30.6 Å². The van der Waals surface area contributed by atoms with Crippen molar-refractivity contribution in [3.63, 3.8) is 0 Å². The summed E-state index contributed by atoms with van der Waals surface area (Å²) in [6, 6.07) is 13.0. The van der Waals surface area contributed by atoms with Crippen molar-refractivity contribution in [3.8, 4) is 5.75 Å². The molecular weight excluding hydrogens is 492 g/mol. The van der Waals surface area contributed by atoms with Gasteiger partial charge in [0.05, 0.1) is 23.9 Å². The molecular formula is C28H31ClN4O4. The van der Waals surface area contributed by atoms with E-state index in [2.05, 4.69) is 15.2 Å². The molecule has 0 radical (unpaired) electrons. The number of aliphatic hydroxyl groups excluding tert-OH is 1. The molecule has 2 amide bonds. The number of carbonyl (C=O) groups is 2. The topological polar surface area (TPSA) is 95.0 Å². The van der Waals surface area contributed by atoms with Gasteiger partial charge in [0.1, 0.15) is 5.75 Å². The zero-order valence-corrected chi connectivity index (χ0v) is 21.4. The van der Waals surface area contributed by atoms with Crippen LogP contribution in [-0.4, -0.2) is 77.6 Å². The highest BCUT2D eigenvalue weighted by molar-refractivity contribution is 6.30. The van der Waals surface area contributed by atoms with Gasteiger partial charge in [-0.3, -0.25) is 19.5 Å². The zero-order valence-electron chi connectivity index (χ0n) is 20.7. The number of hydrogen-bond acceptors (Lipinski definition) is 6. The Morgan fingerprint density at radius 2 is 1.92 bits per heavy atom. The van der Waals surface area contributed by atoms with Crippen molar-refractivity contribution in [1.82, 2.24) is 14.8 Å². The third kappa shape index (κ3) is 5.28. The van der Waals surface area contributed by atoms with Crippen LogP contribution in [0.25, 0.3) is 10.8 Å². The number of carbonyl (C=O) groups excluding carboxylic acids is 2. The van der Waals surface area contributed by atoms with Crippen molar-refractivity contribution in [2.75, 3.05) is 51.3 Å². The van der Waals surface area contributed by atoms with E-state index in [4.69, 9.17) is 21.4 Å². The maximum Gasteiger partial charge on any atom is 0.235 e. The van der Waals surface area contributed by atoms with E-state index in [0.717, 1.165) is 36.8 Å². The summed E-state index contributed by atoms with van der Waals surface area (Å²) >= 11 is 6.37. The van der Waals surface area contributed by atoms with Crippen LogP contribution in [-0.2, 0) is 15.0 Å². The highest BCUT2D eigenvalue weighted by Crippen LogP contribution is 2.44. The van der Waals surface area contributed by atoms with E-state index >= 15 is 0 Å². The summed E-state index contributed by atoms with van der Waals surface area (Å²) in [6.45, 7) is 3.97. The van der Waals surface area contributed by atoms with Crippen LogP contribution >= 0.6 is 11.6 Å². The molecule has 0 bridgehead atoms. The normalized spacial score (nSPS) is 19.8. The molecule has 1 fully saturated rings. The molecule has 5 rings (SSSR count). The molecule has 8 nitrogen and oxygen atoms in total. The zero-order chi connectivity index (χ0) is 25.8. The van der Waals surface area contributed by atoms with Crippen LogP contribution in [0.15, 0.2) is 54.9 Å². The lowest BCUT2D eigenvalue weighted by molar-refractivity contribution is -0.138. The molecule has 194 valence electrons. The fourth-order valence-corrected chi connectivity index (χ4v) is 5.49. The standard InChI is InChI=1S/C28H31ClN4O4/c29-21-6-7-25-23(16-21)28(8-15-37-25,17-26(35)33-12-10-32(11-13-33)9-3-14-34)27(36)31-24-19-30-18-20-4-1-2-5-22(20)24/h1-2,4-7,16,18-19,34H,3,8-15,17H2,(H,31,36)/t28-/m0/s1. The van der Waals surface area contributed by atoms with Crippen molar-refractivity contribution in [3.05, 3.63) is 65.4 Å². The number of anilines is 1. The molecule has 1 atom stereocenters. The maximum absolute atomic E-state index is 14.2. The van der Waals surface area contributed by atoms with Crippen LogP contribution in [0.5, 0.6) is 5.75 Å². The minimum atomic E-state index is -1.14. The van der Waals surface area contributed by atoms with Gasteiger partial charge in [0.25, 0.3) is 0 Å². The van der Waals surface area contributed by atoms with Gasteiger partial charge in [0.2, 0.25) is 11.8 Å². The van der Waals surface area contributed by atoms with Gasteiger partial charge in [-0.25, -0.2) is 0 Å². The average Bonchev–Trinajstić information content (AvgIpc) is 2.92. The molecule has 3 aromatic rings. The van der Waals surface area contributed by atoms with E-state index < -0.39 is 5.41 Å². The smallest absolute Gasteiger partial charge is 0.235 e. The van der Waals surface area contributed by atoms with E-state index in [0.29, 0.717) is 48.1 Å². The molecule has 2 aromatic carbocycles. The van der Waals surface area contributed by atoms with E-state index in [1.165, 1.54) is 0 Å². The van der Waals surface area contributed by atoms with Crippen molar-refractivity contribution in [2.45, 2.75) is 24.7 Å². The number of ether oxygens (including phenoxy) is 1. The summed E-state index contributed by atoms with van der Waals surface area (Å²) in [5.74, 6) is 0.233. The molecule has 3 heterocycles. The first-order valence-electron chi connectivity index (χ1n) is 12.7. The highest BCUT2D eigenvalue weighted by atomic mass is 35.5.